The van der Waals surface area contributed by atoms with Crippen LogP contribution in [0.4, 0.5) is 13.2 Å². The van der Waals surface area contributed by atoms with Gasteiger partial charge in [0.2, 0.25) is 0 Å². The Kier molecular flexibility index (Phi) is 2.89. The summed E-state index contributed by atoms with van der Waals surface area (Å²) in [6.45, 7) is 2.94. The maximum Gasteiger partial charge on any atom is 0.254 e. The molecule has 0 saturated heterocycles. The van der Waals surface area contributed by atoms with Gasteiger partial charge >= 0.3 is 0 Å². The predicted octanol–water partition coefficient (Wildman–Crippen LogP) is 2.29. The van der Waals surface area contributed by atoms with Gasteiger partial charge < -0.3 is 4.74 Å². The molecule has 15 heavy (non-hydrogen) atoms. The molecule has 0 unspecified atom stereocenters. The van der Waals surface area contributed by atoms with E-state index >= 15 is 0 Å². The van der Waals surface area contributed by atoms with E-state index in [1.165, 1.54) is 13.8 Å². The topological polar surface area (TPSA) is 22.1 Å². The van der Waals surface area contributed by atoms with Crippen LogP contribution >= 0.6 is 0 Å². The molecule has 1 aromatic rings. The molecule has 2 nitrogen and oxygen atoms in total. The van der Waals surface area contributed by atoms with Crippen LogP contribution < -0.4 is 4.74 Å². The highest BCUT2D eigenvalue weighted by molar-refractivity contribution is 5.18. The normalized spacial score (nSPS) is 10.9. The van der Waals surface area contributed by atoms with Gasteiger partial charge in [-0.2, -0.15) is 9.37 Å². The summed E-state index contributed by atoms with van der Waals surface area (Å²) in [6, 6.07) is 0.351. The highest BCUT2D eigenvalue weighted by Gasteiger charge is 2.21. The van der Waals surface area contributed by atoms with E-state index in [2.05, 4.69) is 10.9 Å². The molecule has 1 aromatic heterocycles. The van der Waals surface area contributed by atoms with E-state index in [0.717, 1.165) is 0 Å². The molecule has 0 aliphatic carbocycles. The van der Waals surface area contributed by atoms with Crippen molar-refractivity contribution in [1.82, 2.24) is 4.98 Å². The molecule has 0 aliphatic rings. The zero-order chi connectivity index (χ0) is 11.6. The first-order chi connectivity index (χ1) is 6.85. The SMILES string of the molecule is C#CC(C)(C)Oc1nc(F)c(F)cc1F. The van der Waals surface area contributed by atoms with Gasteiger partial charge in [0.05, 0.1) is 0 Å². The fourth-order valence-corrected chi connectivity index (χ4v) is 0.771. The lowest BCUT2D eigenvalue weighted by atomic mass is 10.1. The first kappa shape index (κ1) is 11.4. The van der Waals surface area contributed by atoms with E-state index in [-0.39, 0.29) is 0 Å². The van der Waals surface area contributed by atoms with Gasteiger partial charge in [-0.1, -0.05) is 5.92 Å². The van der Waals surface area contributed by atoms with Gasteiger partial charge in [0.25, 0.3) is 11.8 Å². The number of pyridine rings is 1. The lowest BCUT2D eigenvalue weighted by Crippen LogP contribution is -2.26. The molecule has 0 atom stereocenters. The van der Waals surface area contributed by atoms with Gasteiger partial charge in [0, 0.05) is 6.07 Å². The summed E-state index contributed by atoms with van der Waals surface area (Å²) in [4.78, 5) is 2.97. The Bertz CT molecular complexity index is 423. The molecule has 0 amide bonds. The van der Waals surface area contributed by atoms with Crippen LogP contribution in [0.25, 0.3) is 0 Å². The molecule has 0 bridgehead atoms. The lowest BCUT2D eigenvalue weighted by molar-refractivity contribution is 0.153. The Balaban J connectivity index is 3.07. The van der Waals surface area contributed by atoms with Crippen LogP contribution in [0.3, 0.4) is 0 Å². The zero-order valence-electron chi connectivity index (χ0n) is 8.14. The Morgan fingerprint density at radius 1 is 1.33 bits per heavy atom. The molecule has 0 N–H and O–H groups in total. The van der Waals surface area contributed by atoms with Crippen LogP contribution in [0, 0.1) is 29.9 Å². The Morgan fingerprint density at radius 3 is 2.47 bits per heavy atom. The predicted molar refractivity (Wildman–Crippen MR) is 47.7 cm³/mol. The fourth-order valence-electron chi connectivity index (χ4n) is 0.771. The summed E-state index contributed by atoms with van der Waals surface area (Å²) < 4.78 is 43.1. The van der Waals surface area contributed by atoms with E-state index in [9.17, 15) is 13.2 Å². The Morgan fingerprint density at radius 2 is 1.93 bits per heavy atom. The maximum absolute atomic E-state index is 13.0. The average Bonchev–Trinajstić information content (AvgIpc) is 2.14. The second-order valence-corrected chi connectivity index (χ2v) is 3.30. The van der Waals surface area contributed by atoms with Crippen LogP contribution in [0.2, 0.25) is 0 Å². The smallest absolute Gasteiger partial charge is 0.254 e. The minimum Gasteiger partial charge on any atom is -0.456 e. The quantitative estimate of drug-likeness (QED) is 0.557. The van der Waals surface area contributed by atoms with Crippen LogP contribution in [-0.4, -0.2) is 10.6 Å². The van der Waals surface area contributed by atoms with Gasteiger partial charge in [0.15, 0.2) is 17.2 Å². The molecular weight excluding hydrogens is 207 g/mol. The average molecular weight is 215 g/mol. The number of nitrogens with zero attached hydrogens (tertiary/aromatic N) is 1. The standard InChI is InChI=1S/C10H8F3NO/c1-4-10(2,3)15-9-7(12)5-6(11)8(13)14-9/h1,5H,2-3H3. The molecule has 0 radical (unpaired) electrons. The summed E-state index contributed by atoms with van der Waals surface area (Å²) in [5.41, 5.74) is -1.14. The monoisotopic (exact) mass is 215 g/mol. The third-order valence-corrected chi connectivity index (χ3v) is 1.55. The number of hydrogen-bond donors (Lipinski definition) is 0. The van der Waals surface area contributed by atoms with Crippen molar-refractivity contribution in [2.24, 2.45) is 0 Å². The van der Waals surface area contributed by atoms with Crippen molar-refractivity contribution in [3.8, 4) is 18.2 Å². The van der Waals surface area contributed by atoms with Gasteiger partial charge in [0.1, 0.15) is 0 Å². The van der Waals surface area contributed by atoms with E-state index in [1.54, 1.807) is 0 Å². The molecule has 80 valence electrons. The second-order valence-electron chi connectivity index (χ2n) is 3.30. The van der Waals surface area contributed by atoms with Crippen molar-refractivity contribution >= 4 is 0 Å². The number of terminal acetylenes is 1. The Hall–Kier alpha value is -1.70. The number of ether oxygens (including phenoxy) is 1. The molecule has 0 aliphatic heterocycles. The van der Waals surface area contributed by atoms with E-state index in [4.69, 9.17) is 11.2 Å². The van der Waals surface area contributed by atoms with Crippen molar-refractivity contribution in [3.63, 3.8) is 0 Å². The van der Waals surface area contributed by atoms with Gasteiger partial charge in [-0.25, -0.2) is 8.78 Å². The summed E-state index contributed by atoms with van der Waals surface area (Å²) in [5, 5.41) is 0. The number of rotatable bonds is 2. The molecule has 1 rings (SSSR count). The lowest BCUT2D eigenvalue weighted by Gasteiger charge is -2.19. The van der Waals surface area contributed by atoms with Gasteiger partial charge in [-0.3, -0.25) is 0 Å². The second kappa shape index (κ2) is 3.81. The van der Waals surface area contributed by atoms with Gasteiger partial charge in [-0.15, -0.1) is 6.42 Å². The third-order valence-electron chi connectivity index (χ3n) is 1.55. The van der Waals surface area contributed by atoms with Crippen molar-refractivity contribution in [3.05, 3.63) is 23.6 Å². The number of halogens is 3. The molecule has 1 heterocycles. The molecule has 0 saturated carbocycles. The first-order valence-corrected chi connectivity index (χ1v) is 4.04. The van der Waals surface area contributed by atoms with Crippen molar-refractivity contribution in [2.45, 2.75) is 19.4 Å². The summed E-state index contributed by atoms with van der Waals surface area (Å²) in [7, 11) is 0. The summed E-state index contributed by atoms with van der Waals surface area (Å²) in [6.07, 6.45) is 5.08. The molecular formula is C10H8F3NO. The third kappa shape index (κ3) is 2.62. The van der Waals surface area contributed by atoms with E-state index < -0.39 is 29.1 Å². The number of aromatic nitrogens is 1. The Labute approximate surface area is 85.1 Å². The number of hydrogen-bond acceptors (Lipinski definition) is 2. The van der Waals surface area contributed by atoms with Crippen LogP contribution in [-0.2, 0) is 0 Å². The highest BCUT2D eigenvalue weighted by atomic mass is 19.2. The van der Waals surface area contributed by atoms with Crippen LogP contribution in [0.15, 0.2) is 6.07 Å². The van der Waals surface area contributed by atoms with Crippen LogP contribution in [0.1, 0.15) is 13.8 Å². The van der Waals surface area contributed by atoms with E-state index in [1.807, 2.05) is 0 Å². The van der Waals surface area contributed by atoms with Crippen LogP contribution in [0.5, 0.6) is 5.88 Å². The summed E-state index contributed by atoms with van der Waals surface area (Å²) in [5.74, 6) is -2.36. The molecule has 0 aromatic carbocycles. The molecule has 0 fully saturated rings. The van der Waals surface area contributed by atoms with Crippen molar-refractivity contribution in [1.29, 1.82) is 0 Å². The van der Waals surface area contributed by atoms with Crippen molar-refractivity contribution in [2.75, 3.05) is 0 Å². The van der Waals surface area contributed by atoms with Crippen molar-refractivity contribution < 1.29 is 17.9 Å². The van der Waals surface area contributed by atoms with Gasteiger partial charge in [-0.05, 0) is 13.8 Å². The fraction of sp³-hybridized carbons (Fsp3) is 0.300. The summed E-state index contributed by atoms with van der Waals surface area (Å²) >= 11 is 0. The van der Waals surface area contributed by atoms with E-state index in [0.29, 0.717) is 6.07 Å². The minimum absolute atomic E-state index is 0.351. The first-order valence-electron chi connectivity index (χ1n) is 4.04. The zero-order valence-corrected chi connectivity index (χ0v) is 8.14. The largest absolute Gasteiger partial charge is 0.456 e. The minimum atomic E-state index is -1.43. The molecule has 0 spiro atoms. The maximum atomic E-state index is 13.0. The highest BCUT2D eigenvalue weighted by Crippen LogP contribution is 2.20. The molecule has 5 heteroatoms.